The highest BCUT2D eigenvalue weighted by Gasteiger charge is 2.08. The summed E-state index contributed by atoms with van der Waals surface area (Å²) in [5.41, 5.74) is 3.13. The van der Waals surface area contributed by atoms with Gasteiger partial charge in [0.1, 0.15) is 0 Å². The van der Waals surface area contributed by atoms with Gasteiger partial charge in [-0.15, -0.1) is 0 Å². The predicted octanol–water partition coefficient (Wildman–Crippen LogP) is 2.04. The number of nitrogens with one attached hydrogen (secondary N) is 2. The van der Waals surface area contributed by atoms with Crippen molar-refractivity contribution in [2.45, 2.75) is 19.9 Å². The molecule has 0 atom stereocenters. The highest BCUT2D eigenvalue weighted by Crippen LogP contribution is 2.11. The van der Waals surface area contributed by atoms with Crippen LogP contribution in [0.5, 0.6) is 0 Å². The van der Waals surface area contributed by atoms with E-state index < -0.39 is 0 Å². The fraction of sp³-hybridized carbons (Fsp3) is 0.333. The lowest BCUT2D eigenvalue weighted by atomic mass is 10.1. The molecule has 1 amide bonds. The molecule has 0 saturated heterocycles. The zero-order chi connectivity index (χ0) is 14.4. The van der Waals surface area contributed by atoms with E-state index >= 15 is 0 Å². The number of carbonyl (C=O) groups is 1. The van der Waals surface area contributed by atoms with E-state index in [2.05, 4.69) is 28.5 Å². The standard InChI is InChI=1S/C15H20N4O/c1-3-12-5-4-6-14(7-12)18-15(20)11-19(2)10-13-8-16-17-9-13/h4-9H,3,10-11H2,1-2H3,(H,16,17)(H,18,20). The molecule has 0 aliphatic carbocycles. The predicted molar refractivity (Wildman–Crippen MR) is 79.4 cm³/mol. The first kappa shape index (κ1) is 14.3. The van der Waals surface area contributed by atoms with Crippen LogP contribution in [0.2, 0.25) is 0 Å². The van der Waals surface area contributed by atoms with Crippen LogP contribution in [0.1, 0.15) is 18.1 Å². The molecular weight excluding hydrogens is 252 g/mol. The Morgan fingerprint density at radius 1 is 1.40 bits per heavy atom. The van der Waals surface area contributed by atoms with Crippen molar-refractivity contribution in [2.24, 2.45) is 0 Å². The van der Waals surface area contributed by atoms with Gasteiger partial charge in [0.25, 0.3) is 0 Å². The van der Waals surface area contributed by atoms with Crippen molar-refractivity contribution in [3.8, 4) is 0 Å². The van der Waals surface area contributed by atoms with Crippen LogP contribution in [0.25, 0.3) is 0 Å². The van der Waals surface area contributed by atoms with Crippen LogP contribution in [-0.2, 0) is 17.8 Å². The second-order valence-corrected chi connectivity index (χ2v) is 4.88. The molecule has 0 fully saturated rings. The summed E-state index contributed by atoms with van der Waals surface area (Å²) in [6.45, 7) is 3.14. The van der Waals surface area contributed by atoms with Gasteiger partial charge in [-0.2, -0.15) is 5.10 Å². The van der Waals surface area contributed by atoms with Gasteiger partial charge in [-0.05, 0) is 31.2 Å². The summed E-state index contributed by atoms with van der Waals surface area (Å²) in [7, 11) is 1.91. The average molecular weight is 272 g/mol. The number of aromatic nitrogens is 2. The van der Waals surface area contributed by atoms with Crippen molar-refractivity contribution < 1.29 is 4.79 Å². The fourth-order valence-corrected chi connectivity index (χ4v) is 2.05. The molecule has 0 unspecified atom stereocenters. The van der Waals surface area contributed by atoms with Crippen molar-refractivity contribution in [1.29, 1.82) is 0 Å². The SMILES string of the molecule is CCc1cccc(NC(=O)CN(C)Cc2cn[nH]c2)c1. The van der Waals surface area contributed by atoms with Gasteiger partial charge in [-0.25, -0.2) is 0 Å². The number of aryl methyl sites for hydroxylation is 1. The van der Waals surface area contributed by atoms with Crippen LogP contribution >= 0.6 is 0 Å². The Labute approximate surface area is 119 Å². The molecule has 1 aromatic heterocycles. The number of rotatable bonds is 6. The molecule has 106 valence electrons. The van der Waals surface area contributed by atoms with Crippen molar-refractivity contribution >= 4 is 11.6 Å². The molecule has 0 aliphatic heterocycles. The maximum atomic E-state index is 12.0. The Bertz CT molecular complexity index is 551. The summed E-state index contributed by atoms with van der Waals surface area (Å²) >= 11 is 0. The van der Waals surface area contributed by atoms with Crippen LogP contribution in [-0.4, -0.2) is 34.6 Å². The zero-order valence-corrected chi connectivity index (χ0v) is 11.9. The fourth-order valence-electron chi connectivity index (χ4n) is 2.05. The third kappa shape index (κ3) is 4.20. The van der Waals surface area contributed by atoms with Crippen LogP contribution in [0.4, 0.5) is 5.69 Å². The Morgan fingerprint density at radius 3 is 2.95 bits per heavy atom. The topological polar surface area (TPSA) is 61.0 Å². The van der Waals surface area contributed by atoms with Crippen molar-refractivity contribution in [2.75, 3.05) is 18.9 Å². The normalized spacial score (nSPS) is 10.8. The number of aromatic amines is 1. The van der Waals surface area contributed by atoms with E-state index in [9.17, 15) is 4.79 Å². The number of nitrogens with zero attached hydrogens (tertiary/aromatic N) is 2. The Hall–Kier alpha value is -2.14. The second-order valence-electron chi connectivity index (χ2n) is 4.88. The number of hydrogen-bond acceptors (Lipinski definition) is 3. The summed E-state index contributed by atoms with van der Waals surface area (Å²) in [4.78, 5) is 13.9. The van der Waals surface area contributed by atoms with Crippen LogP contribution in [0.3, 0.4) is 0 Å². The lowest BCUT2D eigenvalue weighted by molar-refractivity contribution is -0.117. The number of carbonyl (C=O) groups excluding carboxylic acids is 1. The number of H-pyrrole nitrogens is 1. The Balaban J connectivity index is 1.85. The minimum Gasteiger partial charge on any atom is -0.325 e. The van der Waals surface area contributed by atoms with Crippen LogP contribution < -0.4 is 5.32 Å². The maximum absolute atomic E-state index is 12.0. The summed E-state index contributed by atoms with van der Waals surface area (Å²) in [6.07, 6.45) is 4.56. The molecule has 1 heterocycles. The molecular formula is C15H20N4O. The van der Waals surface area contributed by atoms with Crippen molar-refractivity contribution in [1.82, 2.24) is 15.1 Å². The zero-order valence-electron chi connectivity index (χ0n) is 11.9. The van der Waals surface area contributed by atoms with E-state index in [1.165, 1.54) is 5.56 Å². The maximum Gasteiger partial charge on any atom is 0.238 e. The molecule has 0 aliphatic rings. The molecule has 5 nitrogen and oxygen atoms in total. The summed E-state index contributed by atoms with van der Waals surface area (Å²) in [6, 6.07) is 7.94. The smallest absolute Gasteiger partial charge is 0.238 e. The number of hydrogen-bond donors (Lipinski definition) is 2. The van der Waals surface area contributed by atoms with Gasteiger partial charge in [0.2, 0.25) is 5.91 Å². The second kappa shape index (κ2) is 6.86. The molecule has 20 heavy (non-hydrogen) atoms. The summed E-state index contributed by atoms with van der Waals surface area (Å²) < 4.78 is 0. The molecule has 0 bridgehead atoms. The Kier molecular flexibility index (Phi) is 4.90. The lowest BCUT2D eigenvalue weighted by Crippen LogP contribution is -2.29. The van der Waals surface area contributed by atoms with Crippen LogP contribution in [0.15, 0.2) is 36.7 Å². The average Bonchev–Trinajstić information content (AvgIpc) is 2.91. The molecule has 2 rings (SSSR count). The Morgan fingerprint density at radius 2 is 2.25 bits per heavy atom. The van der Waals surface area contributed by atoms with E-state index in [1.54, 1.807) is 6.20 Å². The molecule has 1 aromatic carbocycles. The van der Waals surface area contributed by atoms with E-state index in [1.807, 2.05) is 36.3 Å². The molecule has 0 spiro atoms. The van der Waals surface area contributed by atoms with E-state index in [0.29, 0.717) is 13.1 Å². The highest BCUT2D eigenvalue weighted by molar-refractivity contribution is 5.92. The van der Waals surface area contributed by atoms with Gasteiger partial charge >= 0.3 is 0 Å². The molecule has 0 radical (unpaired) electrons. The molecule has 2 N–H and O–H groups in total. The quantitative estimate of drug-likeness (QED) is 0.846. The summed E-state index contributed by atoms with van der Waals surface area (Å²) in [5, 5.41) is 9.58. The number of benzene rings is 1. The van der Waals surface area contributed by atoms with Gasteiger partial charge in [-0.1, -0.05) is 19.1 Å². The van der Waals surface area contributed by atoms with Gasteiger partial charge in [-0.3, -0.25) is 14.8 Å². The van der Waals surface area contributed by atoms with Gasteiger partial charge in [0.05, 0.1) is 12.7 Å². The number of amides is 1. The largest absolute Gasteiger partial charge is 0.325 e. The van der Waals surface area contributed by atoms with Crippen LogP contribution in [0, 0.1) is 0 Å². The van der Waals surface area contributed by atoms with E-state index in [0.717, 1.165) is 17.7 Å². The first-order valence-corrected chi connectivity index (χ1v) is 6.72. The minimum absolute atomic E-state index is 0.00996. The van der Waals surface area contributed by atoms with E-state index in [-0.39, 0.29) is 5.91 Å². The van der Waals surface area contributed by atoms with E-state index in [4.69, 9.17) is 0 Å². The molecule has 5 heteroatoms. The molecule has 0 saturated carbocycles. The monoisotopic (exact) mass is 272 g/mol. The lowest BCUT2D eigenvalue weighted by Gasteiger charge is -2.15. The first-order valence-electron chi connectivity index (χ1n) is 6.72. The summed E-state index contributed by atoms with van der Waals surface area (Å²) in [5.74, 6) is -0.00996. The van der Waals surface area contributed by atoms with Gasteiger partial charge < -0.3 is 5.32 Å². The number of anilines is 1. The third-order valence-electron chi connectivity index (χ3n) is 3.04. The third-order valence-corrected chi connectivity index (χ3v) is 3.04. The van der Waals surface area contributed by atoms with Crippen molar-refractivity contribution in [3.05, 3.63) is 47.8 Å². The van der Waals surface area contributed by atoms with Gasteiger partial charge in [0, 0.05) is 24.0 Å². The van der Waals surface area contributed by atoms with Gasteiger partial charge in [0.15, 0.2) is 0 Å². The highest BCUT2D eigenvalue weighted by atomic mass is 16.2. The minimum atomic E-state index is -0.00996. The van der Waals surface area contributed by atoms with Crippen molar-refractivity contribution in [3.63, 3.8) is 0 Å². The first-order chi connectivity index (χ1) is 9.67. The molecule has 2 aromatic rings. The number of likely N-dealkylation sites (N-methyl/N-ethyl adjacent to an activating group) is 1.